The SMILES string of the molecule is CCCCCC(C)NC(=O)[C@@H]1CNC[C@H]1C. The van der Waals surface area contributed by atoms with Gasteiger partial charge in [0, 0.05) is 12.6 Å². The number of hydrogen-bond donors (Lipinski definition) is 2. The molecule has 0 aromatic carbocycles. The van der Waals surface area contributed by atoms with Crippen LogP contribution in [-0.2, 0) is 4.79 Å². The van der Waals surface area contributed by atoms with E-state index in [0.29, 0.717) is 12.0 Å². The van der Waals surface area contributed by atoms with Gasteiger partial charge in [-0.15, -0.1) is 0 Å². The van der Waals surface area contributed by atoms with Gasteiger partial charge in [0.25, 0.3) is 0 Å². The monoisotopic (exact) mass is 226 g/mol. The smallest absolute Gasteiger partial charge is 0.224 e. The van der Waals surface area contributed by atoms with Crippen molar-refractivity contribution >= 4 is 5.91 Å². The highest BCUT2D eigenvalue weighted by Gasteiger charge is 2.29. The molecule has 3 nitrogen and oxygen atoms in total. The number of amides is 1. The second kappa shape index (κ2) is 6.89. The Kier molecular flexibility index (Phi) is 5.81. The molecule has 0 aromatic rings. The van der Waals surface area contributed by atoms with Crippen LogP contribution < -0.4 is 10.6 Å². The van der Waals surface area contributed by atoms with Gasteiger partial charge in [-0.3, -0.25) is 4.79 Å². The van der Waals surface area contributed by atoms with Gasteiger partial charge in [0.2, 0.25) is 5.91 Å². The van der Waals surface area contributed by atoms with Crippen molar-refractivity contribution in [3.8, 4) is 0 Å². The van der Waals surface area contributed by atoms with Gasteiger partial charge in [0.05, 0.1) is 5.92 Å². The van der Waals surface area contributed by atoms with Crippen molar-refractivity contribution in [1.82, 2.24) is 10.6 Å². The summed E-state index contributed by atoms with van der Waals surface area (Å²) in [6.07, 6.45) is 4.83. The van der Waals surface area contributed by atoms with Crippen molar-refractivity contribution in [1.29, 1.82) is 0 Å². The Bertz CT molecular complexity index is 218. The molecule has 1 saturated heterocycles. The first-order valence-corrected chi connectivity index (χ1v) is 6.66. The van der Waals surface area contributed by atoms with Crippen molar-refractivity contribution in [2.45, 2.75) is 52.5 Å². The third kappa shape index (κ3) is 4.12. The summed E-state index contributed by atoms with van der Waals surface area (Å²) in [5.41, 5.74) is 0. The van der Waals surface area contributed by atoms with Crippen LogP contribution in [0.25, 0.3) is 0 Å². The first-order chi connectivity index (χ1) is 7.65. The van der Waals surface area contributed by atoms with Gasteiger partial charge in [0.15, 0.2) is 0 Å². The van der Waals surface area contributed by atoms with Crippen LogP contribution in [0.3, 0.4) is 0 Å². The van der Waals surface area contributed by atoms with Gasteiger partial charge in [-0.25, -0.2) is 0 Å². The number of hydrogen-bond acceptors (Lipinski definition) is 2. The predicted molar refractivity (Wildman–Crippen MR) is 67.3 cm³/mol. The van der Waals surface area contributed by atoms with E-state index in [1.807, 2.05) is 0 Å². The number of carbonyl (C=O) groups is 1. The van der Waals surface area contributed by atoms with Gasteiger partial charge < -0.3 is 10.6 Å². The maximum atomic E-state index is 11.9. The third-order valence-electron chi connectivity index (χ3n) is 3.48. The highest BCUT2D eigenvalue weighted by atomic mass is 16.2. The maximum absolute atomic E-state index is 11.9. The van der Waals surface area contributed by atoms with Crippen molar-refractivity contribution in [3.05, 3.63) is 0 Å². The summed E-state index contributed by atoms with van der Waals surface area (Å²) in [4.78, 5) is 11.9. The average molecular weight is 226 g/mol. The van der Waals surface area contributed by atoms with Crippen LogP contribution in [0.5, 0.6) is 0 Å². The van der Waals surface area contributed by atoms with E-state index in [4.69, 9.17) is 0 Å². The predicted octanol–water partition coefficient (Wildman–Crippen LogP) is 1.93. The highest BCUT2D eigenvalue weighted by molar-refractivity contribution is 5.79. The molecule has 0 saturated carbocycles. The van der Waals surface area contributed by atoms with Crippen LogP contribution in [0.2, 0.25) is 0 Å². The van der Waals surface area contributed by atoms with E-state index < -0.39 is 0 Å². The lowest BCUT2D eigenvalue weighted by molar-refractivity contribution is -0.126. The summed E-state index contributed by atoms with van der Waals surface area (Å²) in [6, 6.07) is 0.326. The first kappa shape index (κ1) is 13.5. The molecule has 3 atom stereocenters. The van der Waals surface area contributed by atoms with E-state index in [2.05, 4.69) is 31.4 Å². The van der Waals surface area contributed by atoms with Crippen LogP contribution in [0.1, 0.15) is 46.5 Å². The molecule has 0 aromatic heterocycles. The van der Waals surface area contributed by atoms with Gasteiger partial charge in [-0.05, 0) is 25.8 Å². The standard InChI is InChI=1S/C13H26N2O/c1-4-5-6-7-11(3)15-13(16)12-9-14-8-10(12)2/h10-12,14H,4-9H2,1-3H3,(H,15,16)/t10-,11?,12-/m1/s1. The Hall–Kier alpha value is -0.570. The van der Waals surface area contributed by atoms with Crippen molar-refractivity contribution in [2.24, 2.45) is 11.8 Å². The minimum absolute atomic E-state index is 0.175. The fourth-order valence-corrected chi connectivity index (χ4v) is 2.28. The fourth-order valence-electron chi connectivity index (χ4n) is 2.28. The normalized spacial score (nSPS) is 26.7. The van der Waals surface area contributed by atoms with Crippen LogP contribution in [-0.4, -0.2) is 25.0 Å². The topological polar surface area (TPSA) is 41.1 Å². The molecule has 1 heterocycles. The van der Waals surface area contributed by atoms with Gasteiger partial charge >= 0.3 is 0 Å². The van der Waals surface area contributed by atoms with Crippen molar-refractivity contribution in [2.75, 3.05) is 13.1 Å². The van der Waals surface area contributed by atoms with Gasteiger partial charge in [-0.2, -0.15) is 0 Å². The molecule has 94 valence electrons. The molecule has 0 bridgehead atoms. The molecule has 3 heteroatoms. The lowest BCUT2D eigenvalue weighted by Gasteiger charge is -2.18. The molecule has 1 amide bonds. The zero-order valence-electron chi connectivity index (χ0n) is 10.9. The molecule has 16 heavy (non-hydrogen) atoms. The van der Waals surface area contributed by atoms with Crippen molar-refractivity contribution in [3.63, 3.8) is 0 Å². The minimum Gasteiger partial charge on any atom is -0.353 e. The summed E-state index contributed by atoms with van der Waals surface area (Å²) >= 11 is 0. The zero-order valence-corrected chi connectivity index (χ0v) is 10.9. The zero-order chi connectivity index (χ0) is 12.0. The Morgan fingerprint density at radius 1 is 1.44 bits per heavy atom. The molecular weight excluding hydrogens is 200 g/mol. The summed E-state index contributed by atoms with van der Waals surface area (Å²) in [7, 11) is 0. The quantitative estimate of drug-likeness (QED) is 0.679. The van der Waals surface area contributed by atoms with Crippen LogP contribution in [0, 0.1) is 11.8 Å². The molecule has 1 rings (SSSR count). The van der Waals surface area contributed by atoms with Gasteiger partial charge in [0.1, 0.15) is 0 Å². The number of nitrogens with one attached hydrogen (secondary N) is 2. The van der Waals surface area contributed by atoms with E-state index in [9.17, 15) is 4.79 Å². The number of carbonyl (C=O) groups excluding carboxylic acids is 1. The Morgan fingerprint density at radius 3 is 2.75 bits per heavy atom. The molecule has 2 N–H and O–H groups in total. The molecule has 0 spiro atoms. The molecule has 1 aliphatic heterocycles. The van der Waals surface area contributed by atoms with E-state index in [-0.39, 0.29) is 11.8 Å². The Balaban J connectivity index is 2.22. The largest absolute Gasteiger partial charge is 0.353 e. The molecule has 1 fully saturated rings. The summed E-state index contributed by atoms with van der Waals surface area (Å²) in [5, 5.41) is 6.40. The fraction of sp³-hybridized carbons (Fsp3) is 0.923. The summed E-state index contributed by atoms with van der Waals surface area (Å²) < 4.78 is 0. The lowest BCUT2D eigenvalue weighted by atomic mass is 9.97. The molecule has 1 unspecified atom stereocenters. The summed E-state index contributed by atoms with van der Waals surface area (Å²) in [5.74, 6) is 0.887. The van der Waals surface area contributed by atoms with E-state index in [0.717, 1.165) is 19.5 Å². The maximum Gasteiger partial charge on any atom is 0.224 e. The van der Waals surface area contributed by atoms with Crippen LogP contribution in [0.15, 0.2) is 0 Å². The first-order valence-electron chi connectivity index (χ1n) is 6.66. The van der Waals surface area contributed by atoms with Crippen LogP contribution in [0.4, 0.5) is 0 Å². The molecular formula is C13H26N2O. The van der Waals surface area contributed by atoms with Crippen LogP contribution >= 0.6 is 0 Å². The van der Waals surface area contributed by atoms with Crippen molar-refractivity contribution < 1.29 is 4.79 Å². The molecule has 0 aliphatic carbocycles. The minimum atomic E-state index is 0.175. The summed E-state index contributed by atoms with van der Waals surface area (Å²) in [6.45, 7) is 8.28. The molecule has 1 aliphatic rings. The van der Waals surface area contributed by atoms with Gasteiger partial charge in [-0.1, -0.05) is 33.1 Å². The Labute approximate surface area is 99.4 Å². The number of rotatable bonds is 6. The lowest BCUT2D eigenvalue weighted by Crippen LogP contribution is -2.39. The molecule has 0 radical (unpaired) electrons. The number of unbranched alkanes of at least 4 members (excludes halogenated alkanes) is 2. The van der Waals surface area contributed by atoms with E-state index >= 15 is 0 Å². The highest BCUT2D eigenvalue weighted by Crippen LogP contribution is 2.16. The Morgan fingerprint density at radius 2 is 2.19 bits per heavy atom. The van der Waals surface area contributed by atoms with E-state index in [1.165, 1.54) is 19.3 Å². The second-order valence-corrected chi connectivity index (χ2v) is 5.15. The average Bonchev–Trinajstić information content (AvgIpc) is 2.65. The third-order valence-corrected chi connectivity index (χ3v) is 3.48. The second-order valence-electron chi connectivity index (χ2n) is 5.15. The van der Waals surface area contributed by atoms with E-state index in [1.54, 1.807) is 0 Å².